The van der Waals surface area contributed by atoms with E-state index in [1.165, 1.54) is 0 Å². The van der Waals surface area contributed by atoms with E-state index in [0.717, 1.165) is 6.42 Å². The van der Waals surface area contributed by atoms with Crippen LogP contribution in [0.25, 0.3) is 0 Å². The summed E-state index contributed by atoms with van der Waals surface area (Å²) >= 11 is 0. The predicted octanol–water partition coefficient (Wildman–Crippen LogP) is 1.25. The molecular formula is C10H27NO2. The van der Waals surface area contributed by atoms with Crippen molar-refractivity contribution in [3.63, 3.8) is 0 Å². The molecule has 0 aliphatic carbocycles. The lowest BCUT2D eigenvalue weighted by atomic mass is 10.2. The van der Waals surface area contributed by atoms with E-state index in [1.807, 2.05) is 13.8 Å². The molecule has 3 nitrogen and oxygen atoms in total. The quantitative estimate of drug-likeness (QED) is 0.630. The van der Waals surface area contributed by atoms with Crippen LogP contribution in [0.3, 0.4) is 0 Å². The highest BCUT2D eigenvalue weighted by Crippen LogP contribution is 1.94. The van der Waals surface area contributed by atoms with Crippen LogP contribution in [0.2, 0.25) is 0 Å². The van der Waals surface area contributed by atoms with E-state index in [0.29, 0.717) is 19.1 Å². The Balaban J connectivity index is -0.000000131. The van der Waals surface area contributed by atoms with Gasteiger partial charge in [0.15, 0.2) is 0 Å². The van der Waals surface area contributed by atoms with Gasteiger partial charge >= 0.3 is 0 Å². The largest absolute Gasteiger partial charge is 0.396 e. The van der Waals surface area contributed by atoms with Gasteiger partial charge in [-0.3, -0.25) is 0 Å². The van der Waals surface area contributed by atoms with E-state index in [4.69, 9.17) is 10.2 Å². The summed E-state index contributed by atoms with van der Waals surface area (Å²) < 4.78 is 0. The molecule has 0 atom stereocenters. The molecule has 0 heterocycles. The molecule has 0 radical (unpaired) electrons. The van der Waals surface area contributed by atoms with Crippen LogP contribution < -0.4 is 5.32 Å². The lowest BCUT2D eigenvalue weighted by molar-refractivity contribution is 0.268. The molecule has 0 fully saturated rings. The van der Waals surface area contributed by atoms with Crippen molar-refractivity contribution in [2.24, 2.45) is 5.92 Å². The van der Waals surface area contributed by atoms with E-state index in [9.17, 15) is 0 Å². The average molecular weight is 193 g/mol. The van der Waals surface area contributed by atoms with Gasteiger partial charge in [0, 0.05) is 13.2 Å². The zero-order valence-corrected chi connectivity index (χ0v) is 9.80. The van der Waals surface area contributed by atoms with Crippen molar-refractivity contribution in [2.75, 3.05) is 26.8 Å². The Morgan fingerprint density at radius 1 is 1.08 bits per heavy atom. The fourth-order valence-electron chi connectivity index (χ4n) is 0.370. The molecule has 3 N–H and O–H groups in total. The molecule has 0 rings (SSSR count). The number of aliphatic hydroxyl groups is 2. The topological polar surface area (TPSA) is 52.5 Å². The average Bonchev–Trinajstić information content (AvgIpc) is 2.10. The van der Waals surface area contributed by atoms with E-state index in [-0.39, 0.29) is 6.61 Å². The molecule has 0 aliphatic rings. The van der Waals surface area contributed by atoms with Crippen LogP contribution in [0, 0.1) is 5.92 Å². The van der Waals surface area contributed by atoms with Gasteiger partial charge < -0.3 is 15.5 Å². The lowest BCUT2D eigenvalue weighted by Crippen LogP contribution is -2.10. The van der Waals surface area contributed by atoms with Crippen molar-refractivity contribution < 1.29 is 10.2 Å². The van der Waals surface area contributed by atoms with Crippen molar-refractivity contribution >= 4 is 0 Å². The molecule has 0 aromatic rings. The molecule has 84 valence electrons. The SMILES string of the molecule is CC.CC(C)CCO.CNCCO. The molecular weight excluding hydrogens is 166 g/mol. The normalized spacial score (nSPS) is 8.31. The Morgan fingerprint density at radius 2 is 1.54 bits per heavy atom. The summed E-state index contributed by atoms with van der Waals surface area (Å²) in [7, 11) is 1.80. The van der Waals surface area contributed by atoms with Crippen molar-refractivity contribution in [1.29, 1.82) is 0 Å². The number of likely N-dealkylation sites (N-methyl/N-ethyl adjacent to an activating group) is 1. The number of rotatable bonds is 4. The molecule has 3 heteroatoms. The van der Waals surface area contributed by atoms with Crippen LogP contribution in [0.4, 0.5) is 0 Å². The zero-order chi connectivity index (χ0) is 11.1. The molecule has 0 spiro atoms. The van der Waals surface area contributed by atoms with Crippen molar-refractivity contribution in [1.82, 2.24) is 5.32 Å². The van der Waals surface area contributed by atoms with Crippen LogP contribution >= 0.6 is 0 Å². The first-order valence-electron chi connectivity index (χ1n) is 5.05. The van der Waals surface area contributed by atoms with Crippen molar-refractivity contribution in [2.45, 2.75) is 34.1 Å². The van der Waals surface area contributed by atoms with Gasteiger partial charge in [-0.25, -0.2) is 0 Å². The molecule has 0 aromatic heterocycles. The Hall–Kier alpha value is -0.120. The highest BCUT2D eigenvalue weighted by Gasteiger charge is 1.86. The summed E-state index contributed by atoms with van der Waals surface area (Å²) in [5.74, 6) is 0.648. The molecule has 0 aliphatic heterocycles. The Kier molecular flexibility index (Phi) is 32.4. The first-order valence-corrected chi connectivity index (χ1v) is 5.05. The number of hydrogen-bond donors (Lipinski definition) is 3. The number of hydrogen-bond acceptors (Lipinski definition) is 3. The van der Waals surface area contributed by atoms with E-state index in [2.05, 4.69) is 19.2 Å². The standard InChI is InChI=1S/C5H12O.C3H9NO.C2H6/c1-5(2)3-4-6;1-4-2-3-5;1-2/h5-6H,3-4H2,1-2H3;4-5H,2-3H2,1H3;1-2H3. The molecule has 13 heavy (non-hydrogen) atoms. The maximum absolute atomic E-state index is 8.24. The third-order valence-corrected chi connectivity index (χ3v) is 1.07. The second kappa shape index (κ2) is 22.6. The van der Waals surface area contributed by atoms with Gasteiger partial charge in [-0.05, 0) is 19.4 Å². The fraction of sp³-hybridized carbons (Fsp3) is 1.00. The lowest BCUT2D eigenvalue weighted by Gasteiger charge is -1.95. The van der Waals surface area contributed by atoms with Crippen molar-refractivity contribution in [3.8, 4) is 0 Å². The fourth-order valence-corrected chi connectivity index (χ4v) is 0.370. The third-order valence-electron chi connectivity index (χ3n) is 1.07. The second-order valence-electron chi connectivity index (χ2n) is 2.73. The van der Waals surface area contributed by atoms with Crippen LogP contribution in [-0.4, -0.2) is 37.0 Å². The van der Waals surface area contributed by atoms with Crippen LogP contribution in [0.5, 0.6) is 0 Å². The Bertz CT molecular complexity index is 56.9. The molecule has 0 aromatic carbocycles. The van der Waals surface area contributed by atoms with E-state index < -0.39 is 0 Å². The van der Waals surface area contributed by atoms with Crippen LogP contribution in [0.15, 0.2) is 0 Å². The van der Waals surface area contributed by atoms with Gasteiger partial charge in [-0.1, -0.05) is 27.7 Å². The van der Waals surface area contributed by atoms with Crippen LogP contribution in [-0.2, 0) is 0 Å². The van der Waals surface area contributed by atoms with Gasteiger partial charge in [-0.2, -0.15) is 0 Å². The number of nitrogens with one attached hydrogen (secondary N) is 1. The monoisotopic (exact) mass is 193 g/mol. The smallest absolute Gasteiger partial charge is 0.0555 e. The summed E-state index contributed by atoms with van der Waals surface area (Å²) in [5, 5.41) is 19.0. The minimum absolute atomic E-state index is 0.233. The maximum atomic E-state index is 8.24. The highest BCUT2D eigenvalue weighted by atomic mass is 16.3. The predicted molar refractivity (Wildman–Crippen MR) is 58.9 cm³/mol. The first kappa shape index (κ1) is 18.6. The summed E-state index contributed by atoms with van der Waals surface area (Å²) in [5.41, 5.74) is 0. The second-order valence-corrected chi connectivity index (χ2v) is 2.73. The maximum Gasteiger partial charge on any atom is 0.0555 e. The van der Waals surface area contributed by atoms with E-state index in [1.54, 1.807) is 7.05 Å². The summed E-state index contributed by atoms with van der Waals surface area (Å²) in [6.45, 7) is 9.45. The summed E-state index contributed by atoms with van der Waals surface area (Å²) in [6, 6.07) is 0. The molecule has 0 unspecified atom stereocenters. The summed E-state index contributed by atoms with van der Waals surface area (Å²) in [6.07, 6.45) is 0.931. The Morgan fingerprint density at radius 3 is 1.54 bits per heavy atom. The van der Waals surface area contributed by atoms with Crippen molar-refractivity contribution in [3.05, 3.63) is 0 Å². The minimum Gasteiger partial charge on any atom is -0.396 e. The third kappa shape index (κ3) is 48.7. The number of aliphatic hydroxyl groups excluding tert-OH is 2. The highest BCUT2D eigenvalue weighted by molar-refractivity contribution is 4.38. The van der Waals surface area contributed by atoms with Gasteiger partial charge in [0.2, 0.25) is 0 Å². The molecule has 0 saturated heterocycles. The first-order chi connectivity index (χ1) is 6.18. The van der Waals surface area contributed by atoms with Gasteiger partial charge in [-0.15, -0.1) is 0 Å². The molecule has 0 saturated carbocycles. The molecule has 0 amide bonds. The van der Waals surface area contributed by atoms with Gasteiger partial charge in [0.1, 0.15) is 0 Å². The van der Waals surface area contributed by atoms with Gasteiger partial charge in [0.05, 0.1) is 6.61 Å². The zero-order valence-electron chi connectivity index (χ0n) is 9.80. The summed E-state index contributed by atoms with van der Waals surface area (Å²) in [4.78, 5) is 0. The van der Waals surface area contributed by atoms with E-state index >= 15 is 0 Å². The minimum atomic E-state index is 0.233. The van der Waals surface area contributed by atoms with Gasteiger partial charge in [0.25, 0.3) is 0 Å². The van der Waals surface area contributed by atoms with Crippen LogP contribution in [0.1, 0.15) is 34.1 Å². The Labute approximate surface area is 83.2 Å². The molecule has 0 bridgehead atoms.